The van der Waals surface area contributed by atoms with Gasteiger partial charge in [0.05, 0.1) is 0 Å². The minimum absolute atomic E-state index is 0.0651. The molecule has 0 aliphatic carbocycles. The average molecular weight is 384 g/mol. The van der Waals surface area contributed by atoms with Crippen LogP contribution < -0.4 is 10.9 Å². The molecule has 1 N–H and O–H groups in total. The Labute approximate surface area is 144 Å². The first-order valence-electron chi connectivity index (χ1n) is 7.14. The fourth-order valence-corrected chi connectivity index (χ4v) is 2.86. The smallest absolute Gasteiger partial charge is 0.360 e. The van der Waals surface area contributed by atoms with E-state index in [1.807, 2.05) is 36.4 Å². The van der Waals surface area contributed by atoms with E-state index in [0.29, 0.717) is 10.3 Å². The summed E-state index contributed by atoms with van der Waals surface area (Å²) in [6.07, 6.45) is 0. The molecule has 5 nitrogen and oxygen atoms in total. The van der Waals surface area contributed by atoms with Crippen LogP contribution in [0.4, 0.5) is 5.69 Å². The molecule has 0 saturated heterocycles. The van der Waals surface area contributed by atoms with E-state index in [0.717, 1.165) is 16.2 Å². The van der Waals surface area contributed by atoms with E-state index in [-0.39, 0.29) is 11.4 Å². The Balaban J connectivity index is 1.79. The molecule has 1 amide bonds. The van der Waals surface area contributed by atoms with Crippen LogP contribution in [0.5, 0.6) is 0 Å². The second kappa shape index (κ2) is 5.65. The number of halogens is 1. The molecule has 6 heteroatoms. The van der Waals surface area contributed by atoms with E-state index in [2.05, 4.69) is 21.2 Å². The number of carbonyl (C=O) groups is 1. The molecular formula is C18H10BrNO4. The third-order valence-corrected chi connectivity index (χ3v) is 4.10. The van der Waals surface area contributed by atoms with Gasteiger partial charge in [-0.05, 0) is 39.5 Å². The fourth-order valence-electron chi connectivity index (χ4n) is 2.56. The Morgan fingerprint density at radius 2 is 1.75 bits per heavy atom. The van der Waals surface area contributed by atoms with Crippen molar-refractivity contribution in [3.8, 4) is 0 Å². The summed E-state index contributed by atoms with van der Waals surface area (Å²) in [4.78, 5) is 24.3. The Morgan fingerprint density at radius 1 is 0.958 bits per heavy atom. The third kappa shape index (κ3) is 2.51. The van der Waals surface area contributed by atoms with Crippen molar-refractivity contribution >= 4 is 49.3 Å². The summed E-state index contributed by atoms with van der Waals surface area (Å²) >= 11 is 3.13. The van der Waals surface area contributed by atoms with E-state index in [1.54, 1.807) is 12.1 Å². The van der Waals surface area contributed by atoms with E-state index in [9.17, 15) is 9.59 Å². The Morgan fingerprint density at radius 3 is 2.54 bits per heavy atom. The monoisotopic (exact) mass is 383 g/mol. The first-order chi connectivity index (χ1) is 11.6. The van der Waals surface area contributed by atoms with Gasteiger partial charge in [-0.3, -0.25) is 4.79 Å². The van der Waals surface area contributed by atoms with Gasteiger partial charge >= 0.3 is 5.63 Å². The minimum atomic E-state index is -0.613. The van der Waals surface area contributed by atoms with Crippen LogP contribution in [0.1, 0.15) is 10.6 Å². The lowest BCUT2D eigenvalue weighted by Crippen LogP contribution is -2.17. The maximum absolute atomic E-state index is 12.2. The molecule has 0 fully saturated rings. The number of hydrogen-bond acceptors (Lipinski definition) is 4. The molecular weight excluding hydrogens is 374 g/mol. The summed E-state index contributed by atoms with van der Waals surface area (Å²) in [5.41, 5.74) is -0.0510. The molecule has 118 valence electrons. The normalized spacial score (nSPS) is 11.0. The van der Waals surface area contributed by atoms with Crippen LogP contribution >= 0.6 is 15.9 Å². The van der Waals surface area contributed by atoms with Crippen molar-refractivity contribution in [1.82, 2.24) is 0 Å². The van der Waals surface area contributed by atoms with Crippen molar-refractivity contribution in [3.05, 3.63) is 75.4 Å². The molecule has 2 aromatic carbocycles. The van der Waals surface area contributed by atoms with Crippen LogP contribution in [-0.2, 0) is 0 Å². The van der Waals surface area contributed by atoms with Gasteiger partial charge in [0.2, 0.25) is 0 Å². The van der Waals surface area contributed by atoms with E-state index < -0.39 is 11.5 Å². The van der Waals surface area contributed by atoms with Crippen LogP contribution in [0.3, 0.4) is 0 Å². The lowest BCUT2D eigenvalue weighted by Gasteiger charge is -2.05. The standard InChI is InChI=1S/C18H10BrNO4/c19-15-8-7-14(23-15)17(21)20-13-9-11-6-5-10-3-1-2-4-12(10)16(11)24-18(13)22/h1-9H,(H,20,21). The van der Waals surface area contributed by atoms with Crippen LogP contribution in [-0.4, -0.2) is 5.91 Å². The highest BCUT2D eigenvalue weighted by Gasteiger charge is 2.14. The van der Waals surface area contributed by atoms with Gasteiger partial charge in [-0.25, -0.2) is 4.79 Å². The number of fused-ring (bicyclic) bond motifs is 3. The second-order valence-corrected chi connectivity index (χ2v) is 5.99. The summed E-state index contributed by atoms with van der Waals surface area (Å²) < 4.78 is 11.0. The van der Waals surface area contributed by atoms with Gasteiger partial charge in [-0.2, -0.15) is 0 Å². The molecule has 0 atom stereocenters. The fraction of sp³-hybridized carbons (Fsp3) is 0. The van der Waals surface area contributed by atoms with Crippen LogP contribution in [0, 0.1) is 0 Å². The van der Waals surface area contributed by atoms with Crippen LogP contribution in [0.2, 0.25) is 0 Å². The third-order valence-electron chi connectivity index (χ3n) is 3.67. The van der Waals surface area contributed by atoms with Crippen molar-refractivity contribution in [2.75, 3.05) is 5.32 Å². The lowest BCUT2D eigenvalue weighted by molar-refractivity contribution is 0.0995. The summed E-state index contributed by atoms with van der Waals surface area (Å²) in [7, 11) is 0. The second-order valence-electron chi connectivity index (χ2n) is 5.21. The molecule has 0 spiro atoms. The molecule has 0 radical (unpaired) electrons. The van der Waals surface area contributed by atoms with E-state index >= 15 is 0 Å². The average Bonchev–Trinajstić information content (AvgIpc) is 3.02. The van der Waals surface area contributed by atoms with E-state index in [1.165, 1.54) is 6.07 Å². The number of hydrogen-bond donors (Lipinski definition) is 1. The Hall–Kier alpha value is -2.86. The molecule has 0 aliphatic rings. The molecule has 24 heavy (non-hydrogen) atoms. The predicted molar refractivity (Wildman–Crippen MR) is 94.4 cm³/mol. The number of rotatable bonds is 2. The summed E-state index contributed by atoms with van der Waals surface area (Å²) in [5.74, 6) is -0.423. The molecule has 4 rings (SSSR count). The first kappa shape index (κ1) is 14.7. The molecule has 2 heterocycles. The van der Waals surface area contributed by atoms with E-state index in [4.69, 9.17) is 8.83 Å². The van der Waals surface area contributed by atoms with Crippen LogP contribution in [0.25, 0.3) is 21.7 Å². The zero-order valence-electron chi connectivity index (χ0n) is 12.2. The predicted octanol–water partition coefficient (Wildman–Crippen LogP) is 4.55. The SMILES string of the molecule is O=C(Nc1cc2ccc3ccccc3c2oc1=O)c1ccc(Br)o1. The van der Waals surface area contributed by atoms with Crippen molar-refractivity contribution in [2.24, 2.45) is 0 Å². The number of nitrogens with one attached hydrogen (secondary N) is 1. The van der Waals surface area contributed by atoms with Gasteiger partial charge in [0.25, 0.3) is 5.91 Å². The molecule has 0 saturated carbocycles. The van der Waals surface area contributed by atoms with Gasteiger partial charge in [0.1, 0.15) is 11.3 Å². The number of furan rings is 1. The maximum atomic E-state index is 12.2. The molecule has 2 aromatic heterocycles. The summed E-state index contributed by atoms with van der Waals surface area (Å²) in [5, 5.41) is 5.07. The van der Waals surface area contributed by atoms with Gasteiger partial charge in [0, 0.05) is 10.8 Å². The van der Waals surface area contributed by atoms with Gasteiger partial charge in [0.15, 0.2) is 10.4 Å². The molecule has 0 aliphatic heterocycles. The zero-order valence-corrected chi connectivity index (χ0v) is 13.8. The van der Waals surface area contributed by atoms with Crippen molar-refractivity contribution < 1.29 is 13.6 Å². The van der Waals surface area contributed by atoms with Crippen LogP contribution in [0.15, 0.2) is 72.9 Å². The topological polar surface area (TPSA) is 72.5 Å². The molecule has 4 aromatic rings. The highest BCUT2D eigenvalue weighted by molar-refractivity contribution is 9.10. The van der Waals surface area contributed by atoms with Crippen molar-refractivity contribution in [3.63, 3.8) is 0 Å². The lowest BCUT2D eigenvalue weighted by atomic mass is 10.1. The quantitative estimate of drug-likeness (QED) is 0.407. The number of benzene rings is 2. The highest BCUT2D eigenvalue weighted by atomic mass is 79.9. The molecule has 0 unspecified atom stereocenters. The summed E-state index contributed by atoms with van der Waals surface area (Å²) in [6.45, 7) is 0. The number of anilines is 1. The number of amides is 1. The zero-order chi connectivity index (χ0) is 16.7. The first-order valence-corrected chi connectivity index (χ1v) is 7.93. The Kier molecular flexibility index (Phi) is 3.46. The largest absolute Gasteiger partial charge is 0.444 e. The summed E-state index contributed by atoms with van der Waals surface area (Å²) in [6, 6.07) is 16.1. The number of carbonyl (C=O) groups excluding carboxylic acids is 1. The van der Waals surface area contributed by atoms with Gasteiger partial charge in [-0.15, -0.1) is 0 Å². The molecule has 0 bridgehead atoms. The minimum Gasteiger partial charge on any atom is -0.444 e. The van der Waals surface area contributed by atoms with Crippen molar-refractivity contribution in [1.29, 1.82) is 0 Å². The Bertz CT molecular complexity index is 1140. The van der Waals surface area contributed by atoms with Gasteiger partial charge < -0.3 is 14.2 Å². The van der Waals surface area contributed by atoms with Gasteiger partial charge in [-0.1, -0.05) is 36.4 Å². The highest BCUT2D eigenvalue weighted by Crippen LogP contribution is 2.25. The maximum Gasteiger partial charge on any atom is 0.360 e. The van der Waals surface area contributed by atoms with Crippen molar-refractivity contribution in [2.45, 2.75) is 0 Å².